The zero-order valence-electron chi connectivity index (χ0n) is 21.8. The van der Waals surface area contributed by atoms with E-state index in [2.05, 4.69) is 30.5 Å². The first-order valence-electron chi connectivity index (χ1n) is 13.1. The molecule has 0 amide bonds. The van der Waals surface area contributed by atoms with Crippen molar-refractivity contribution in [2.45, 2.75) is 32.2 Å². The fourth-order valence-electron chi connectivity index (χ4n) is 4.78. The fraction of sp³-hybridized carbons (Fsp3) is 0.241. The van der Waals surface area contributed by atoms with Crippen LogP contribution >= 0.6 is 11.6 Å². The van der Waals surface area contributed by atoms with Crippen LogP contribution in [-0.2, 0) is 19.3 Å². The Morgan fingerprint density at radius 1 is 0.976 bits per heavy atom. The summed E-state index contributed by atoms with van der Waals surface area (Å²) in [6.45, 7) is 2.89. The molecular weight excluding hydrogens is 555 g/mol. The molecule has 0 spiro atoms. The van der Waals surface area contributed by atoms with Crippen LogP contribution in [-0.4, -0.2) is 43.0 Å². The van der Waals surface area contributed by atoms with Crippen LogP contribution in [0.25, 0.3) is 16.6 Å². The highest BCUT2D eigenvalue weighted by Crippen LogP contribution is 2.33. The van der Waals surface area contributed by atoms with Crippen LogP contribution in [0, 0.1) is 0 Å². The number of hydrogen-bond donors (Lipinski definition) is 1. The third-order valence-electron chi connectivity index (χ3n) is 6.85. The highest BCUT2D eigenvalue weighted by Gasteiger charge is 2.30. The van der Waals surface area contributed by atoms with Crippen molar-refractivity contribution in [3.8, 4) is 11.4 Å². The normalized spacial score (nSPS) is 14.0. The smallest absolute Gasteiger partial charge is 0.416 e. The van der Waals surface area contributed by atoms with E-state index < -0.39 is 11.7 Å². The van der Waals surface area contributed by atoms with E-state index >= 15 is 0 Å². The van der Waals surface area contributed by atoms with E-state index in [-0.39, 0.29) is 6.61 Å². The molecule has 1 aliphatic heterocycles. The lowest BCUT2D eigenvalue weighted by molar-refractivity contribution is -0.137. The van der Waals surface area contributed by atoms with Crippen LogP contribution in [0.15, 0.2) is 73.2 Å². The van der Waals surface area contributed by atoms with Crippen molar-refractivity contribution in [2.75, 3.05) is 18.4 Å². The van der Waals surface area contributed by atoms with E-state index in [1.165, 1.54) is 25.2 Å². The maximum Gasteiger partial charge on any atom is 0.416 e. The fourth-order valence-corrected chi connectivity index (χ4v) is 5.02. The van der Waals surface area contributed by atoms with Gasteiger partial charge in [0.2, 0.25) is 0 Å². The Labute approximate surface area is 238 Å². The largest absolute Gasteiger partial charge is 0.487 e. The minimum atomic E-state index is -4.42. The maximum absolute atomic E-state index is 13.0. The summed E-state index contributed by atoms with van der Waals surface area (Å²) in [5.74, 6) is 0.920. The molecule has 2 aromatic heterocycles. The molecule has 0 aliphatic carbocycles. The van der Waals surface area contributed by atoms with Gasteiger partial charge in [0, 0.05) is 17.6 Å². The molecule has 0 atom stereocenters. The zero-order chi connectivity index (χ0) is 28.4. The molecule has 0 unspecified atom stereocenters. The molecule has 0 radical (unpaired) electrons. The van der Waals surface area contributed by atoms with Crippen molar-refractivity contribution in [3.63, 3.8) is 0 Å². The van der Waals surface area contributed by atoms with Crippen molar-refractivity contribution in [1.29, 1.82) is 0 Å². The summed E-state index contributed by atoms with van der Waals surface area (Å²) < 4.78 is 46.5. The number of rotatable bonds is 8. The summed E-state index contributed by atoms with van der Waals surface area (Å²) in [7, 11) is 0. The Kier molecular flexibility index (Phi) is 7.46. The first kappa shape index (κ1) is 27.0. The van der Waals surface area contributed by atoms with Gasteiger partial charge in [-0.15, -0.1) is 5.10 Å². The zero-order valence-corrected chi connectivity index (χ0v) is 22.5. The van der Waals surface area contributed by atoms with Gasteiger partial charge in [0.05, 0.1) is 33.7 Å². The predicted octanol–water partition coefficient (Wildman–Crippen LogP) is 6.80. The van der Waals surface area contributed by atoms with Crippen LogP contribution in [0.3, 0.4) is 0 Å². The van der Waals surface area contributed by atoms with E-state index in [9.17, 15) is 13.2 Å². The second kappa shape index (κ2) is 11.3. The summed E-state index contributed by atoms with van der Waals surface area (Å²) in [6.07, 6.45) is 1.43. The summed E-state index contributed by atoms with van der Waals surface area (Å²) in [4.78, 5) is 11.2. The summed E-state index contributed by atoms with van der Waals surface area (Å²) >= 11 is 6.45. The Bertz CT molecular complexity index is 1690. The lowest BCUT2D eigenvalue weighted by atomic mass is 10.1. The molecule has 5 aromatic rings. The minimum absolute atomic E-state index is 0.0578. The molecule has 6 rings (SSSR count). The molecule has 1 aliphatic rings. The Balaban J connectivity index is 1.18. The Hall–Kier alpha value is -4.22. The number of alkyl halides is 3. The average Bonchev–Trinajstić information content (AvgIpc) is 3.65. The molecule has 3 heterocycles. The van der Waals surface area contributed by atoms with Crippen LogP contribution in [0.4, 0.5) is 24.7 Å². The van der Waals surface area contributed by atoms with Crippen molar-refractivity contribution in [1.82, 2.24) is 29.9 Å². The first-order chi connectivity index (χ1) is 19.8. The first-order valence-corrected chi connectivity index (χ1v) is 13.4. The van der Waals surface area contributed by atoms with E-state index in [0.717, 1.165) is 54.1 Å². The molecule has 1 saturated heterocycles. The van der Waals surface area contributed by atoms with Gasteiger partial charge in [0.25, 0.3) is 0 Å². The minimum Gasteiger partial charge on any atom is -0.487 e. The third-order valence-corrected chi connectivity index (χ3v) is 7.15. The van der Waals surface area contributed by atoms with Crippen molar-refractivity contribution >= 4 is 34.0 Å². The van der Waals surface area contributed by atoms with E-state index in [0.29, 0.717) is 27.8 Å². The van der Waals surface area contributed by atoms with Gasteiger partial charge in [-0.25, -0.2) is 14.6 Å². The van der Waals surface area contributed by atoms with Crippen LogP contribution in [0.5, 0.6) is 5.75 Å². The number of fused-ring (bicyclic) bond motifs is 1. The highest BCUT2D eigenvalue weighted by atomic mass is 35.5. The van der Waals surface area contributed by atoms with Gasteiger partial charge in [-0.2, -0.15) is 13.2 Å². The Morgan fingerprint density at radius 2 is 1.83 bits per heavy atom. The monoisotopic (exact) mass is 579 g/mol. The number of nitrogens with zero attached hydrogens (tertiary/aromatic N) is 6. The quantitative estimate of drug-likeness (QED) is 0.216. The molecule has 41 heavy (non-hydrogen) atoms. The van der Waals surface area contributed by atoms with Crippen molar-refractivity contribution < 1.29 is 17.9 Å². The van der Waals surface area contributed by atoms with Gasteiger partial charge in [-0.05, 0) is 80.0 Å². The average molecular weight is 580 g/mol. The van der Waals surface area contributed by atoms with Gasteiger partial charge in [-0.1, -0.05) is 28.9 Å². The second-order valence-electron chi connectivity index (χ2n) is 9.82. The number of hydrogen-bond acceptors (Lipinski definition) is 7. The number of anilines is 2. The molecule has 3 aromatic carbocycles. The number of benzene rings is 3. The van der Waals surface area contributed by atoms with Crippen molar-refractivity contribution in [3.05, 3.63) is 95.0 Å². The second-order valence-corrected chi connectivity index (χ2v) is 10.2. The van der Waals surface area contributed by atoms with Crippen LogP contribution in [0.1, 0.15) is 29.7 Å². The van der Waals surface area contributed by atoms with Gasteiger partial charge < -0.3 is 10.1 Å². The van der Waals surface area contributed by atoms with Crippen molar-refractivity contribution in [2.24, 2.45) is 0 Å². The van der Waals surface area contributed by atoms with Gasteiger partial charge >= 0.3 is 6.18 Å². The summed E-state index contributed by atoms with van der Waals surface area (Å²) in [5, 5.41) is 13.0. The van der Waals surface area contributed by atoms with Crippen LogP contribution < -0.4 is 10.1 Å². The van der Waals surface area contributed by atoms with Gasteiger partial charge in [-0.3, -0.25) is 4.90 Å². The number of nitrogens with one attached hydrogen (secondary N) is 1. The molecule has 0 bridgehead atoms. The molecule has 1 N–H and O–H groups in total. The standard InChI is InChI=1S/C29H25ClF3N7O/c30-25-13-21(6-9-27(25)41-17-19-4-3-5-20(12-19)29(31,32)33)36-28-24-14-23(7-8-26(24)34-18-35-28)40-16-22(37-38-40)15-39-10-1-2-11-39/h3-9,12-14,16,18H,1-2,10-11,15,17H2,(H,34,35,36). The van der Waals surface area contributed by atoms with E-state index in [4.69, 9.17) is 16.3 Å². The van der Waals surface area contributed by atoms with Gasteiger partial charge in [0.15, 0.2) is 0 Å². The molecule has 1 fully saturated rings. The third kappa shape index (κ3) is 6.26. The topological polar surface area (TPSA) is 81.0 Å². The lowest BCUT2D eigenvalue weighted by Crippen LogP contribution is -2.18. The number of likely N-dealkylation sites (tertiary alicyclic amines) is 1. The molecular formula is C29H25ClF3N7O. The number of halogens is 4. The summed E-state index contributed by atoms with van der Waals surface area (Å²) in [6, 6.07) is 15.9. The number of ether oxygens (including phenoxy) is 1. The maximum atomic E-state index is 13.0. The SMILES string of the molecule is FC(F)(F)c1cccc(COc2ccc(Nc3ncnc4ccc(-n5cc(CN6CCCC6)nn5)cc34)cc2Cl)c1. The van der Waals surface area contributed by atoms with Gasteiger partial charge in [0.1, 0.15) is 24.5 Å². The number of aromatic nitrogens is 5. The molecule has 8 nitrogen and oxygen atoms in total. The molecule has 12 heteroatoms. The molecule has 0 saturated carbocycles. The van der Waals surface area contributed by atoms with E-state index in [1.807, 2.05) is 24.4 Å². The summed E-state index contributed by atoms with van der Waals surface area (Å²) in [5.41, 5.74) is 2.80. The lowest BCUT2D eigenvalue weighted by Gasteiger charge is -2.13. The Morgan fingerprint density at radius 3 is 2.63 bits per heavy atom. The molecule has 210 valence electrons. The predicted molar refractivity (Wildman–Crippen MR) is 149 cm³/mol. The van der Waals surface area contributed by atoms with Crippen LogP contribution in [0.2, 0.25) is 5.02 Å². The highest BCUT2D eigenvalue weighted by molar-refractivity contribution is 6.32. The van der Waals surface area contributed by atoms with E-state index in [1.54, 1.807) is 28.9 Å².